The van der Waals surface area contributed by atoms with E-state index in [0.29, 0.717) is 23.2 Å². The maximum Gasteiger partial charge on any atom is 0.337 e. The minimum Gasteiger partial charge on any atom is -0.465 e. The normalized spacial score (nSPS) is 10.4. The summed E-state index contributed by atoms with van der Waals surface area (Å²) in [6, 6.07) is 4.83. The van der Waals surface area contributed by atoms with Crippen molar-refractivity contribution < 1.29 is 14.3 Å². The second-order valence-corrected chi connectivity index (χ2v) is 6.30. The summed E-state index contributed by atoms with van der Waals surface area (Å²) in [6.07, 6.45) is 0. The summed E-state index contributed by atoms with van der Waals surface area (Å²) in [5, 5.41) is 2.80. The Morgan fingerprint density at radius 2 is 2.00 bits per heavy atom. The Bertz CT molecular complexity index is 730. The van der Waals surface area contributed by atoms with E-state index in [1.54, 1.807) is 24.1 Å². The lowest BCUT2D eigenvalue weighted by atomic mass is 10.1. The topological polar surface area (TPSA) is 59.5 Å². The molecule has 0 fully saturated rings. The molecule has 0 saturated carbocycles. The smallest absolute Gasteiger partial charge is 0.337 e. The number of hydrogen-bond acceptors (Lipinski definition) is 5. The number of hydrogen-bond donors (Lipinski definition) is 0. The quantitative estimate of drug-likeness (QED) is 0.612. The van der Waals surface area contributed by atoms with E-state index in [-0.39, 0.29) is 11.8 Å². The maximum atomic E-state index is 12.6. The summed E-state index contributed by atoms with van der Waals surface area (Å²) in [7, 11) is 3.00. The number of aromatic nitrogens is 1. The lowest BCUT2D eigenvalue weighted by molar-refractivity contribution is 0.0600. The van der Waals surface area contributed by atoms with Crippen LogP contribution in [0.1, 0.15) is 37.0 Å². The number of aryl methyl sites for hydroxylation is 1. The SMILES string of the molecule is COC(=O)c1cc(CCl)cc(C(=O)N(C)Cc2nc(C)cs2)c1. The molecule has 5 nitrogen and oxygen atoms in total. The second-order valence-electron chi connectivity index (χ2n) is 5.09. The maximum absolute atomic E-state index is 12.6. The van der Waals surface area contributed by atoms with Crippen LogP contribution < -0.4 is 0 Å². The predicted molar refractivity (Wildman–Crippen MR) is 90.0 cm³/mol. The molecule has 1 heterocycles. The lowest BCUT2D eigenvalue weighted by Gasteiger charge is -2.16. The number of methoxy groups -OCH3 is 1. The van der Waals surface area contributed by atoms with Crippen LogP contribution in [0.2, 0.25) is 0 Å². The van der Waals surface area contributed by atoms with E-state index < -0.39 is 5.97 Å². The first-order valence-corrected chi connectivity index (χ1v) is 8.30. The van der Waals surface area contributed by atoms with Crippen LogP contribution in [0.5, 0.6) is 0 Å². The van der Waals surface area contributed by atoms with Crippen molar-refractivity contribution in [3.05, 3.63) is 51.0 Å². The molecule has 0 unspecified atom stereocenters. The van der Waals surface area contributed by atoms with Crippen LogP contribution in [0.15, 0.2) is 23.6 Å². The number of halogens is 1. The average Bonchev–Trinajstić information content (AvgIpc) is 2.97. The van der Waals surface area contributed by atoms with Gasteiger partial charge in [-0.2, -0.15) is 0 Å². The molecule has 7 heteroatoms. The summed E-state index contributed by atoms with van der Waals surface area (Å²) >= 11 is 7.36. The molecule has 23 heavy (non-hydrogen) atoms. The van der Waals surface area contributed by atoms with Gasteiger partial charge in [-0.1, -0.05) is 0 Å². The summed E-state index contributed by atoms with van der Waals surface area (Å²) in [5.74, 6) is -0.486. The Hall–Kier alpha value is -1.92. The Labute approximate surface area is 143 Å². The number of nitrogens with zero attached hydrogens (tertiary/aromatic N) is 2. The van der Waals surface area contributed by atoms with E-state index in [2.05, 4.69) is 4.98 Å². The first-order valence-electron chi connectivity index (χ1n) is 6.89. The lowest BCUT2D eigenvalue weighted by Crippen LogP contribution is -2.26. The molecule has 0 N–H and O–H groups in total. The number of carbonyl (C=O) groups excluding carboxylic acids is 2. The fraction of sp³-hybridized carbons (Fsp3) is 0.312. The van der Waals surface area contributed by atoms with Crippen molar-refractivity contribution in [1.29, 1.82) is 0 Å². The number of esters is 1. The molecular weight excluding hydrogens is 336 g/mol. The van der Waals surface area contributed by atoms with Crippen molar-refractivity contribution in [2.75, 3.05) is 14.2 Å². The molecule has 0 saturated heterocycles. The Morgan fingerprint density at radius 1 is 1.30 bits per heavy atom. The van der Waals surface area contributed by atoms with Crippen LogP contribution in [0.25, 0.3) is 0 Å². The molecule has 0 aliphatic carbocycles. The zero-order valence-corrected chi connectivity index (χ0v) is 14.7. The van der Waals surface area contributed by atoms with Crippen molar-refractivity contribution in [2.45, 2.75) is 19.3 Å². The van der Waals surface area contributed by atoms with Gasteiger partial charge in [0.05, 0.1) is 19.2 Å². The highest BCUT2D eigenvalue weighted by Gasteiger charge is 2.17. The van der Waals surface area contributed by atoms with Crippen LogP contribution in [0.3, 0.4) is 0 Å². The van der Waals surface area contributed by atoms with Gasteiger partial charge in [-0.15, -0.1) is 22.9 Å². The molecule has 0 aliphatic heterocycles. The van der Waals surface area contributed by atoms with E-state index in [4.69, 9.17) is 16.3 Å². The minimum absolute atomic E-state index is 0.199. The number of carbonyl (C=O) groups is 2. The number of alkyl halides is 1. The van der Waals surface area contributed by atoms with E-state index >= 15 is 0 Å². The van der Waals surface area contributed by atoms with E-state index in [9.17, 15) is 9.59 Å². The average molecular weight is 353 g/mol. The number of thiazole rings is 1. The number of benzene rings is 1. The van der Waals surface area contributed by atoms with E-state index in [1.165, 1.54) is 24.5 Å². The predicted octanol–water partition coefficient (Wildman–Crippen LogP) is 3.25. The molecule has 2 aromatic rings. The zero-order valence-electron chi connectivity index (χ0n) is 13.1. The van der Waals surface area contributed by atoms with Gasteiger partial charge in [-0.05, 0) is 30.7 Å². The first-order chi connectivity index (χ1) is 10.9. The van der Waals surface area contributed by atoms with Crippen LogP contribution in [-0.2, 0) is 17.2 Å². The van der Waals surface area contributed by atoms with E-state index in [1.807, 2.05) is 12.3 Å². The van der Waals surface area contributed by atoms with Crippen LogP contribution >= 0.6 is 22.9 Å². The Kier molecular flexibility index (Phi) is 5.74. The third-order valence-corrected chi connectivity index (χ3v) is 4.46. The highest BCUT2D eigenvalue weighted by Crippen LogP contribution is 2.17. The highest BCUT2D eigenvalue weighted by atomic mass is 35.5. The number of rotatable bonds is 5. The molecule has 0 bridgehead atoms. The number of ether oxygens (including phenoxy) is 1. The van der Waals surface area contributed by atoms with Crippen LogP contribution in [0.4, 0.5) is 0 Å². The fourth-order valence-corrected chi connectivity index (χ4v) is 3.08. The molecular formula is C16H17ClN2O3S. The van der Waals surface area contributed by atoms with E-state index in [0.717, 1.165) is 10.7 Å². The van der Waals surface area contributed by atoms with Gasteiger partial charge in [0.2, 0.25) is 0 Å². The van der Waals surface area contributed by atoms with Gasteiger partial charge in [0.25, 0.3) is 5.91 Å². The molecule has 0 radical (unpaired) electrons. The van der Waals surface area contributed by atoms with Gasteiger partial charge in [-0.25, -0.2) is 9.78 Å². The zero-order chi connectivity index (χ0) is 17.0. The van der Waals surface area contributed by atoms with Gasteiger partial charge >= 0.3 is 5.97 Å². The second kappa shape index (κ2) is 7.57. The van der Waals surface area contributed by atoms with Gasteiger partial charge in [0.15, 0.2) is 0 Å². The third kappa shape index (κ3) is 4.30. The molecule has 0 spiro atoms. The number of amides is 1. The third-order valence-electron chi connectivity index (χ3n) is 3.20. The van der Waals surface area contributed by atoms with Gasteiger partial charge in [0.1, 0.15) is 5.01 Å². The van der Waals surface area contributed by atoms with Gasteiger partial charge in [0, 0.05) is 29.6 Å². The van der Waals surface area contributed by atoms with Gasteiger partial charge in [-0.3, -0.25) is 4.79 Å². The largest absolute Gasteiger partial charge is 0.465 e. The molecule has 2 rings (SSSR count). The molecule has 122 valence electrons. The summed E-state index contributed by atoms with van der Waals surface area (Å²) in [4.78, 5) is 30.2. The Balaban J connectivity index is 2.25. The summed E-state index contributed by atoms with van der Waals surface area (Å²) in [5.41, 5.74) is 2.34. The molecule has 1 amide bonds. The van der Waals surface area contributed by atoms with Gasteiger partial charge < -0.3 is 9.64 Å². The summed E-state index contributed by atoms with van der Waals surface area (Å²) in [6.45, 7) is 2.32. The van der Waals surface area contributed by atoms with Crippen LogP contribution in [-0.4, -0.2) is 35.9 Å². The standard InChI is InChI=1S/C16H17ClN2O3S/c1-10-9-23-14(18-10)8-19(2)15(20)12-4-11(7-17)5-13(6-12)16(21)22-3/h4-6,9H,7-8H2,1-3H3. The van der Waals surface area contributed by atoms with Crippen molar-refractivity contribution >= 4 is 34.8 Å². The van der Waals surface area contributed by atoms with Crippen LogP contribution in [0, 0.1) is 6.92 Å². The van der Waals surface area contributed by atoms with Crippen molar-refractivity contribution in [1.82, 2.24) is 9.88 Å². The Morgan fingerprint density at radius 3 is 2.57 bits per heavy atom. The monoisotopic (exact) mass is 352 g/mol. The molecule has 0 aliphatic rings. The van der Waals surface area contributed by atoms with Crippen molar-refractivity contribution in [3.8, 4) is 0 Å². The first kappa shape index (κ1) is 17.4. The molecule has 0 atom stereocenters. The fourth-order valence-electron chi connectivity index (χ4n) is 2.10. The van der Waals surface area contributed by atoms with Crippen molar-refractivity contribution in [2.24, 2.45) is 0 Å². The molecule has 1 aromatic carbocycles. The highest BCUT2D eigenvalue weighted by molar-refractivity contribution is 7.09. The minimum atomic E-state index is -0.496. The summed E-state index contributed by atoms with van der Waals surface area (Å²) < 4.78 is 4.71. The molecule has 1 aromatic heterocycles. The van der Waals surface area contributed by atoms with Crippen molar-refractivity contribution in [3.63, 3.8) is 0 Å².